The van der Waals surface area contributed by atoms with Crippen molar-refractivity contribution < 1.29 is 28.6 Å². The Morgan fingerprint density at radius 1 is 0.962 bits per heavy atom. The van der Waals surface area contributed by atoms with E-state index in [4.69, 9.17) is 9.47 Å². The van der Waals surface area contributed by atoms with Crippen LogP contribution in [-0.2, 0) is 35.0 Å². The van der Waals surface area contributed by atoms with Gasteiger partial charge in [0.1, 0.15) is 0 Å². The fourth-order valence-electron chi connectivity index (χ4n) is 2.50. The Hall–Kier alpha value is -2.63. The van der Waals surface area contributed by atoms with Gasteiger partial charge in [-0.05, 0) is 32.3 Å². The third-order valence-electron chi connectivity index (χ3n) is 3.83. The lowest BCUT2D eigenvalue weighted by atomic mass is 9.78. The Labute approximate surface area is 154 Å². The highest BCUT2D eigenvalue weighted by Crippen LogP contribution is 2.32. The summed E-state index contributed by atoms with van der Waals surface area (Å²) < 4.78 is 14.9. The number of hydrogen-bond donors (Lipinski definition) is 0. The van der Waals surface area contributed by atoms with Crippen LogP contribution in [0.15, 0.2) is 42.5 Å². The molecule has 0 aliphatic carbocycles. The van der Waals surface area contributed by atoms with Gasteiger partial charge in [-0.2, -0.15) is 0 Å². The van der Waals surface area contributed by atoms with Crippen LogP contribution in [0.2, 0.25) is 0 Å². The summed E-state index contributed by atoms with van der Waals surface area (Å²) in [6, 6.07) is 9.21. The summed E-state index contributed by atoms with van der Waals surface area (Å²) in [5.41, 5.74) is -0.685. The number of carbonyl (C=O) groups is 3. The zero-order chi connectivity index (χ0) is 19.4. The van der Waals surface area contributed by atoms with E-state index in [-0.39, 0.29) is 32.5 Å². The van der Waals surface area contributed by atoms with Crippen LogP contribution in [0, 0.1) is 5.41 Å². The molecule has 6 nitrogen and oxygen atoms in total. The summed E-state index contributed by atoms with van der Waals surface area (Å²) >= 11 is 0. The van der Waals surface area contributed by atoms with Gasteiger partial charge in [-0.3, -0.25) is 14.4 Å². The van der Waals surface area contributed by atoms with Crippen molar-refractivity contribution in [1.82, 2.24) is 0 Å². The normalized spacial score (nSPS) is 11.2. The van der Waals surface area contributed by atoms with Crippen LogP contribution in [-0.4, -0.2) is 38.2 Å². The van der Waals surface area contributed by atoms with Crippen molar-refractivity contribution in [3.05, 3.63) is 48.0 Å². The Morgan fingerprint density at radius 3 is 2.04 bits per heavy atom. The summed E-state index contributed by atoms with van der Waals surface area (Å²) in [5, 5.41) is 0. The second-order valence-electron chi connectivity index (χ2n) is 5.64. The Kier molecular flexibility index (Phi) is 9.12. The minimum atomic E-state index is -1.50. The third-order valence-corrected chi connectivity index (χ3v) is 3.83. The summed E-state index contributed by atoms with van der Waals surface area (Å²) in [5.74, 6) is -1.67. The average molecular weight is 362 g/mol. The van der Waals surface area contributed by atoms with E-state index < -0.39 is 23.3 Å². The van der Waals surface area contributed by atoms with E-state index in [1.807, 2.05) is 30.3 Å². The zero-order valence-electron chi connectivity index (χ0n) is 15.5. The molecule has 0 N–H and O–H groups in total. The van der Waals surface area contributed by atoms with Crippen molar-refractivity contribution in [1.29, 1.82) is 0 Å². The van der Waals surface area contributed by atoms with E-state index in [0.29, 0.717) is 0 Å². The number of allylic oxidation sites excluding steroid dienone is 1. The number of rotatable bonds is 10. The second kappa shape index (κ2) is 11.1. The molecule has 0 fully saturated rings. The molecule has 26 heavy (non-hydrogen) atoms. The lowest BCUT2D eigenvalue weighted by Gasteiger charge is -2.28. The Morgan fingerprint density at radius 2 is 1.54 bits per heavy atom. The summed E-state index contributed by atoms with van der Waals surface area (Å²) in [6.07, 6.45) is 3.46. The van der Waals surface area contributed by atoms with Crippen molar-refractivity contribution in [3.63, 3.8) is 0 Å². The molecular formula is C20H26O6. The minimum Gasteiger partial charge on any atom is -0.469 e. The number of benzene rings is 1. The molecule has 0 unspecified atom stereocenters. The van der Waals surface area contributed by atoms with E-state index in [1.165, 1.54) is 7.11 Å². The predicted octanol–water partition coefficient (Wildman–Crippen LogP) is 2.85. The first-order valence-corrected chi connectivity index (χ1v) is 8.60. The highest BCUT2D eigenvalue weighted by atomic mass is 16.6. The van der Waals surface area contributed by atoms with Crippen LogP contribution >= 0.6 is 0 Å². The van der Waals surface area contributed by atoms with E-state index in [9.17, 15) is 14.4 Å². The lowest BCUT2D eigenvalue weighted by molar-refractivity contribution is -0.172. The number of ether oxygens (including phenoxy) is 3. The molecule has 0 spiro atoms. The molecule has 0 aliphatic heterocycles. The average Bonchev–Trinajstić information content (AvgIpc) is 2.65. The minimum absolute atomic E-state index is 0.0591. The molecule has 1 aromatic rings. The van der Waals surface area contributed by atoms with E-state index in [2.05, 4.69) is 4.74 Å². The third kappa shape index (κ3) is 6.02. The highest BCUT2D eigenvalue weighted by Gasteiger charge is 2.48. The van der Waals surface area contributed by atoms with Crippen LogP contribution in [0.4, 0.5) is 0 Å². The maximum atomic E-state index is 12.7. The summed E-state index contributed by atoms with van der Waals surface area (Å²) in [7, 11) is 1.30. The van der Waals surface area contributed by atoms with Crippen LogP contribution in [0.5, 0.6) is 0 Å². The van der Waals surface area contributed by atoms with Gasteiger partial charge in [0.25, 0.3) is 0 Å². The van der Waals surface area contributed by atoms with Crippen molar-refractivity contribution in [2.45, 2.75) is 33.1 Å². The summed E-state index contributed by atoms with van der Waals surface area (Å²) in [4.78, 5) is 36.7. The van der Waals surface area contributed by atoms with Gasteiger partial charge in [-0.1, -0.05) is 42.5 Å². The zero-order valence-corrected chi connectivity index (χ0v) is 15.5. The van der Waals surface area contributed by atoms with Gasteiger partial charge in [0.15, 0.2) is 5.41 Å². The smallest absolute Gasteiger partial charge is 0.324 e. The summed E-state index contributed by atoms with van der Waals surface area (Å²) in [6.45, 7) is 3.67. The maximum Gasteiger partial charge on any atom is 0.324 e. The molecule has 0 bridgehead atoms. The SMILES string of the molecule is CCOC(=O)C(C/C=C\CC(=O)OC)(Cc1ccccc1)C(=O)OCC. The molecule has 1 aromatic carbocycles. The Bertz CT molecular complexity index is 602. The largest absolute Gasteiger partial charge is 0.469 e. The van der Waals surface area contributed by atoms with Crippen LogP contribution in [0.25, 0.3) is 0 Å². The van der Waals surface area contributed by atoms with Gasteiger partial charge in [0.2, 0.25) is 0 Å². The number of hydrogen-bond acceptors (Lipinski definition) is 6. The number of carbonyl (C=O) groups excluding carboxylic acids is 3. The van der Waals surface area contributed by atoms with Gasteiger partial charge in [0.05, 0.1) is 26.7 Å². The van der Waals surface area contributed by atoms with Gasteiger partial charge in [-0.25, -0.2) is 0 Å². The van der Waals surface area contributed by atoms with E-state index in [0.717, 1.165) is 5.56 Å². The molecule has 0 saturated carbocycles. The van der Waals surface area contributed by atoms with Crippen LogP contribution in [0.1, 0.15) is 32.3 Å². The van der Waals surface area contributed by atoms with Crippen molar-refractivity contribution in [2.24, 2.45) is 5.41 Å². The molecule has 0 saturated heterocycles. The molecule has 0 aromatic heterocycles. The molecule has 1 rings (SSSR count). The van der Waals surface area contributed by atoms with Gasteiger partial charge in [-0.15, -0.1) is 0 Å². The van der Waals surface area contributed by atoms with E-state index in [1.54, 1.807) is 26.0 Å². The molecule has 0 atom stereocenters. The molecule has 6 heteroatoms. The van der Waals surface area contributed by atoms with Crippen LogP contribution < -0.4 is 0 Å². The molecule has 0 heterocycles. The first-order valence-electron chi connectivity index (χ1n) is 8.60. The first kappa shape index (κ1) is 21.4. The second-order valence-corrected chi connectivity index (χ2v) is 5.64. The van der Waals surface area contributed by atoms with Crippen molar-refractivity contribution in [3.8, 4) is 0 Å². The van der Waals surface area contributed by atoms with Crippen LogP contribution in [0.3, 0.4) is 0 Å². The fraction of sp³-hybridized carbons (Fsp3) is 0.450. The monoisotopic (exact) mass is 362 g/mol. The Balaban J connectivity index is 3.17. The molecule has 0 aliphatic rings. The van der Waals surface area contributed by atoms with Gasteiger partial charge in [0, 0.05) is 0 Å². The van der Waals surface area contributed by atoms with E-state index >= 15 is 0 Å². The number of esters is 3. The molecule has 0 radical (unpaired) electrons. The predicted molar refractivity (Wildman–Crippen MR) is 96.2 cm³/mol. The fourth-order valence-corrected chi connectivity index (χ4v) is 2.50. The lowest BCUT2D eigenvalue weighted by Crippen LogP contribution is -2.43. The molecule has 142 valence electrons. The van der Waals surface area contributed by atoms with Crippen molar-refractivity contribution in [2.75, 3.05) is 20.3 Å². The topological polar surface area (TPSA) is 78.9 Å². The van der Waals surface area contributed by atoms with Crippen molar-refractivity contribution >= 4 is 17.9 Å². The molecule has 0 amide bonds. The maximum absolute atomic E-state index is 12.7. The molecular weight excluding hydrogens is 336 g/mol. The quantitative estimate of drug-likeness (QED) is 0.276. The highest BCUT2D eigenvalue weighted by molar-refractivity contribution is 6.00. The van der Waals surface area contributed by atoms with Gasteiger partial charge >= 0.3 is 17.9 Å². The van der Waals surface area contributed by atoms with Gasteiger partial charge < -0.3 is 14.2 Å². The number of methoxy groups -OCH3 is 1. The standard InChI is InChI=1S/C20H26O6/c1-4-25-18(22)20(19(23)26-5-2,14-10-9-13-17(21)24-3)15-16-11-7-6-8-12-16/h6-12H,4-5,13-15H2,1-3H3/b10-9-. The first-order chi connectivity index (χ1) is 12.5.